The van der Waals surface area contributed by atoms with Crippen molar-refractivity contribution in [2.75, 3.05) is 23.5 Å². The van der Waals surface area contributed by atoms with Gasteiger partial charge in [-0.3, -0.25) is 4.57 Å². The first-order chi connectivity index (χ1) is 35.6. The largest absolute Gasteiger partial charge is 0.457 e. The van der Waals surface area contributed by atoms with Crippen molar-refractivity contribution in [3.05, 3.63) is 222 Å². The Hall–Kier alpha value is -9.07. The van der Waals surface area contributed by atoms with Crippen LogP contribution in [0.4, 0.5) is 17.1 Å². The lowest BCUT2D eigenvalue weighted by molar-refractivity contribution is 0.483. The summed E-state index contributed by atoms with van der Waals surface area (Å²) in [5, 5.41) is 7.28. The predicted octanol–water partition coefficient (Wildman–Crippen LogP) is 16.9. The molecule has 0 unspecified atom stereocenters. The monoisotopic (exact) mass is 944 g/mol. The van der Waals surface area contributed by atoms with Gasteiger partial charge in [0.25, 0.3) is 0 Å². The van der Waals surface area contributed by atoms with E-state index >= 15 is 0 Å². The molecule has 14 rings (SSSR count). The molecule has 0 atom stereocenters. The van der Waals surface area contributed by atoms with E-state index in [1.165, 1.54) is 77.2 Å². The molecule has 0 radical (unpaired) electrons. The number of aryl methyl sites for hydroxylation is 5. The van der Waals surface area contributed by atoms with Gasteiger partial charge < -0.3 is 23.7 Å². The third-order valence-corrected chi connectivity index (χ3v) is 15.2. The highest BCUT2D eigenvalue weighted by atomic mass is 16.5. The van der Waals surface area contributed by atoms with Crippen LogP contribution < -0.4 is 14.5 Å². The van der Waals surface area contributed by atoms with Gasteiger partial charge in [-0.15, -0.1) is 0 Å². The number of pyridine rings is 1. The van der Waals surface area contributed by atoms with Gasteiger partial charge in [0.2, 0.25) is 0 Å². The molecule has 7 nitrogen and oxygen atoms in total. The number of aromatic nitrogens is 4. The topological polar surface area (TPSA) is 43.4 Å². The number of anilines is 3. The molecule has 9 aromatic carbocycles. The first kappa shape index (κ1) is 42.8. The van der Waals surface area contributed by atoms with E-state index in [9.17, 15) is 0 Å². The molecule has 0 fully saturated rings. The molecule has 73 heavy (non-hydrogen) atoms. The van der Waals surface area contributed by atoms with Gasteiger partial charge >= 0.3 is 0 Å². The second-order valence-electron chi connectivity index (χ2n) is 20.2. The molecule has 0 N–H and O–H groups in total. The number of fused-ring (bicyclic) bond motifs is 10. The highest BCUT2D eigenvalue weighted by molar-refractivity contribution is 6.13. The summed E-state index contributed by atoms with van der Waals surface area (Å²) in [7, 11) is 2.13. The molecule has 1 aliphatic rings. The summed E-state index contributed by atoms with van der Waals surface area (Å²) in [5.74, 6) is 2.38. The SMILES string of the molecule is Cc1ccc2c(c1)c1cc(C)ccc1n2-c1cccc(-n2c3ccc(C)cc3c3cc(C)ccc32)c1-c1cnc(-n2c3ccccc3c3ccc(Oc4cccc(N5CN(C)c6ccccc65)c4)cc32)cc1C. The molecule has 0 spiro atoms. The Morgan fingerprint density at radius 3 is 1.51 bits per heavy atom. The van der Waals surface area contributed by atoms with E-state index in [2.05, 4.69) is 253 Å². The van der Waals surface area contributed by atoms with Gasteiger partial charge in [0.05, 0.1) is 62.5 Å². The van der Waals surface area contributed by atoms with Crippen molar-refractivity contribution in [1.82, 2.24) is 18.7 Å². The van der Waals surface area contributed by atoms with Crippen molar-refractivity contribution in [1.29, 1.82) is 0 Å². The minimum Gasteiger partial charge on any atom is -0.457 e. The number of benzene rings is 9. The maximum Gasteiger partial charge on any atom is 0.137 e. The fraction of sp³-hybridized carbons (Fsp3) is 0.106. The molecule has 352 valence electrons. The smallest absolute Gasteiger partial charge is 0.137 e. The normalized spacial score (nSPS) is 12.7. The van der Waals surface area contributed by atoms with Crippen molar-refractivity contribution < 1.29 is 4.74 Å². The van der Waals surface area contributed by atoms with Crippen LogP contribution in [0.1, 0.15) is 27.8 Å². The van der Waals surface area contributed by atoms with Crippen LogP contribution in [-0.4, -0.2) is 32.4 Å². The summed E-state index contributed by atoms with van der Waals surface area (Å²) in [5.41, 5.74) is 20.7. The summed E-state index contributed by atoms with van der Waals surface area (Å²) in [6, 6.07) is 68.5. The zero-order chi connectivity index (χ0) is 49.2. The van der Waals surface area contributed by atoms with E-state index in [0.29, 0.717) is 0 Å². The fourth-order valence-corrected chi connectivity index (χ4v) is 11.8. The summed E-state index contributed by atoms with van der Waals surface area (Å²) >= 11 is 0. The van der Waals surface area contributed by atoms with Crippen LogP contribution in [0.25, 0.3) is 93.7 Å². The van der Waals surface area contributed by atoms with E-state index in [1.54, 1.807) is 0 Å². The minimum absolute atomic E-state index is 0.757. The molecule has 0 saturated carbocycles. The Labute approximate surface area is 424 Å². The second-order valence-corrected chi connectivity index (χ2v) is 20.2. The van der Waals surface area contributed by atoms with Gasteiger partial charge in [0, 0.05) is 74.5 Å². The van der Waals surface area contributed by atoms with Crippen molar-refractivity contribution in [2.24, 2.45) is 0 Å². The summed E-state index contributed by atoms with van der Waals surface area (Å²) in [6.45, 7) is 11.7. The lowest BCUT2D eigenvalue weighted by Crippen LogP contribution is -2.23. The van der Waals surface area contributed by atoms with Crippen LogP contribution in [-0.2, 0) is 0 Å². The van der Waals surface area contributed by atoms with E-state index in [0.717, 1.165) is 79.5 Å². The molecule has 0 saturated heterocycles. The van der Waals surface area contributed by atoms with Gasteiger partial charge in [-0.25, -0.2) is 4.98 Å². The number of hydrogen-bond donors (Lipinski definition) is 0. The standard InChI is InChI=1S/C66H52N6O/c1-40-21-27-56-50(31-40)51-32-41(2)22-28-57(51)70(56)62-19-12-20-63(71-58-29-23-42(3)33-52(58)53-34-43(4)24-30-59(53)71)66(62)54-38-67-65(35-44(54)5)72-55-16-8-7-15-48(55)49-26-25-47(37-64(49)72)73-46-14-11-13-45(36-46)69-39-68(6)60-17-9-10-18-61(60)69/h7-38H,39H2,1-6H3. The van der Waals surface area contributed by atoms with E-state index in [1.807, 2.05) is 6.07 Å². The number of ether oxygens (including phenoxy) is 1. The van der Waals surface area contributed by atoms with Crippen LogP contribution in [0.2, 0.25) is 0 Å². The van der Waals surface area contributed by atoms with Crippen molar-refractivity contribution >= 4 is 82.5 Å². The second kappa shape index (κ2) is 16.2. The summed E-state index contributed by atoms with van der Waals surface area (Å²) in [4.78, 5) is 10.1. The van der Waals surface area contributed by atoms with Gasteiger partial charge in [-0.2, -0.15) is 0 Å². The Kier molecular flexibility index (Phi) is 9.51. The average molecular weight is 945 g/mol. The highest BCUT2D eigenvalue weighted by Crippen LogP contribution is 2.45. The van der Waals surface area contributed by atoms with Crippen LogP contribution in [0, 0.1) is 34.6 Å². The zero-order valence-corrected chi connectivity index (χ0v) is 41.8. The molecule has 7 heteroatoms. The summed E-state index contributed by atoms with van der Waals surface area (Å²) < 4.78 is 14.0. The number of hydrogen-bond acceptors (Lipinski definition) is 4. The molecule has 4 aromatic heterocycles. The molecule has 1 aliphatic heterocycles. The van der Waals surface area contributed by atoms with E-state index in [-0.39, 0.29) is 0 Å². The van der Waals surface area contributed by atoms with E-state index < -0.39 is 0 Å². The lowest BCUT2D eigenvalue weighted by atomic mass is 9.98. The number of rotatable bonds is 7. The minimum atomic E-state index is 0.757. The van der Waals surface area contributed by atoms with Gasteiger partial charge in [-0.05, 0) is 149 Å². The van der Waals surface area contributed by atoms with Crippen LogP contribution in [0.3, 0.4) is 0 Å². The number of para-hydroxylation sites is 3. The first-order valence-electron chi connectivity index (χ1n) is 25.2. The third-order valence-electron chi connectivity index (χ3n) is 15.2. The quantitative estimate of drug-likeness (QED) is 0.160. The molecule has 0 amide bonds. The van der Waals surface area contributed by atoms with Crippen LogP contribution >= 0.6 is 0 Å². The number of nitrogens with zero attached hydrogens (tertiary/aromatic N) is 6. The van der Waals surface area contributed by atoms with Crippen molar-refractivity contribution in [3.63, 3.8) is 0 Å². The third kappa shape index (κ3) is 6.69. The predicted molar refractivity (Wildman–Crippen MR) is 305 cm³/mol. The van der Waals surface area contributed by atoms with Gasteiger partial charge in [-0.1, -0.05) is 89.0 Å². The Morgan fingerprint density at radius 1 is 0.397 bits per heavy atom. The summed E-state index contributed by atoms with van der Waals surface area (Å²) in [6.07, 6.45) is 2.11. The first-order valence-corrected chi connectivity index (χ1v) is 25.2. The molecule has 0 bridgehead atoms. The van der Waals surface area contributed by atoms with Crippen molar-refractivity contribution in [3.8, 4) is 39.8 Å². The van der Waals surface area contributed by atoms with Crippen LogP contribution in [0.15, 0.2) is 194 Å². The molecule has 0 aliphatic carbocycles. The average Bonchev–Trinajstić information content (AvgIpc) is 4.12. The van der Waals surface area contributed by atoms with Gasteiger partial charge in [0.15, 0.2) is 0 Å². The van der Waals surface area contributed by atoms with Gasteiger partial charge in [0.1, 0.15) is 17.3 Å². The molecule has 13 aromatic rings. The fourth-order valence-electron chi connectivity index (χ4n) is 11.8. The maximum atomic E-state index is 6.76. The molecular weight excluding hydrogens is 893 g/mol. The Morgan fingerprint density at radius 2 is 0.904 bits per heavy atom. The van der Waals surface area contributed by atoms with Crippen molar-refractivity contribution in [2.45, 2.75) is 34.6 Å². The highest BCUT2D eigenvalue weighted by Gasteiger charge is 2.26. The molecular formula is C66H52N6O. The van der Waals surface area contributed by atoms with E-state index in [4.69, 9.17) is 9.72 Å². The lowest BCUT2D eigenvalue weighted by Gasteiger charge is -2.21. The maximum absolute atomic E-state index is 6.76. The Balaban J connectivity index is 0.957. The zero-order valence-electron chi connectivity index (χ0n) is 41.8. The molecule has 5 heterocycles. The Bertz CT molecular complexity index is 4170. The van der Waals surface area contributed by atoms with Crippen LogP contribution in [0.5, 0.6) is 11.5 Å².